The maximum absolute atomic E-state index is 11.4. The summed E-state index contributed by atoms with van der Waals surface area (Å²) < 4.78 is 6.99. The van der Waals surface area contributed by atoms with E-state index in [1.807, 2.05) is 10.8 Å². The highest BCUT2D eigenvalue weighted by molar-refractivity contribution is 5.47. The summed E-state index contributed by atoms with van der Waals surface area (Å²) in [5.41, 5.74) is -0.287. The molecule has 2 aromatic rings. The molecule has 0 atom stereocenters. The van der Waals surface area contributed by atoms with Crippen molar-refractivity contribution in [2.45, 2.75) is 13.0 Å². The third-order valence-corrected chi connectivity index (χ3v) is 2.46. The molecule has 2 N–H and O–H groups in total. The highest BCUT2D eigenvalue weighted by Gasteiger charge is 2.07. The van der Waals surface area contributed by atoms with Crippen LogP contribution in [0, 0.1) is 0 Å². The lowest BCUT2D eigenvalue weighted by molar-refractivity contribution is 0.408. The maximum atomic E-state index is 11.4. The van der Waals surface area contributed by atoms with E-state index in [1.54, 1.807) is 12.5 Å². The number of imidazole rings is 1. The summed E-state index contributed by atoms with van der Waals surface area (Å²) in [5.74, 6) is 0.673. The van der Waals surface area contributed by atoms with Crippen molar-refractivity contribution in [2.24, 2.45) is 0 Å². The Kier molecular flexibility index (Phi) is 3.95. The first-order valence-electron chi connectivity index (χ1n) is 5.62. The predicted octanol–water partition coefficient (Wildman–Crippen LogP) is 0.477. The van der Waals surface area contributed by atoms with Gasteiger partial charge in [-0.1, -0.05) is 0 Å². The molecule has 0 aliphatic carbocycles. The van der Waals surface area contributed by atoms with Gasteiger partial charge in [0.05, 0.1) is 19.8 Å². The van der Waals surface area contributed by atoms with Crippen molar-refractivity contribution in [1.29, 1.82) is 0 Å². The zero-order valence-electron chi connectivity index (χ0n) is 10.1. The number of methoxy groups -OCH3 is 1. The van der Waals surface area contributed by atoms with Gasteiger partial charge >= 0.3 is 0 Å². The lowest BCUT2D eigenvalue weighted by Gasteiger charge is -2.08. The van der Waals surface area contributed by atoms with Crippen LogP contribution in [0.2, 0.25) is 0 Å². The number of nitrogens with zero attached hydrogens (tertiary/aromatic N) is 3. The summed E-state index contributed by atoms with van der Waals surface area (Å²) in [6.07, 6.45) is 7.67. The number of anilines is 1. The van der Waals surface area contributed by atoms with Gasteiger partial charge in [-0.25, -0.2) is 9.97 Å². The Balaban J connectivity index is 1.87. The molecule has 0 radical (unpaired) electrons. The molecule has 0 spiro atoms. The second kappa shape index (κ2) is 5.85. The first-order valence-corrected chi connectivity index (χ1v) is 5.62. The maximum Gasteiger partial charge on any atom is 0.295 e. The number of ether oxygens (including phenoxy) is 1. The van der Waals surface area contributed by atoms with Gasteiger partial charge in [0.25, 0.3) is 5.56 Å². The first kappa shape index (κ1) is 12.2. The van der Waals surface area contributed by atoms with Gasteiger partial charge in [-0.15, -0.1) is 0 Å². The van der Waals surface area contributed by atoms with E-state index in [9.17, 15) is 4.79 Å². The van der Waals surface area contributed by atoms with Crippen LogP contribution in [0.15, 0.2) is 29.8 Å². The summed E-state index contributed by atoms with van der Waals surface area (Å²) in [6.45, 7) is 1.56. The Morgan fingerprint density at radius 3 is 3.17 bits per heavy atom. The minimum atomic E-state index is -0.287. The molecule has 0 saturated carbocycles. The van der Waals surface area contributed by atoms with Crippen LogP contribution in [-0.4, -0.2) is 33.2 Å². The Labute approximate surface area is 104 Å². The molecule has 7 heteroatoms. The van der Waals surface area contributed by atoms with Crippen LogP contribution in [-0.2, 0) is 6.54 Å². The van der Waals surface area contributed by atoms with E-state index in [0.29, 0.717) is 12.4 Å². The van der Waals surface area contributed by atoms with Crippen LogP contribution in [0.1, 0.15) is 6.42 Å². The van der Waals surface area contributed by atoms with Crippen molar-refractivity contribution >= 4 is 5.82 Å². The van der Waals surface area contributed by atoms with Gasteiger partial charge in [0.2, 0.25) is 5.75 Å². The average Bonchev–Trinajstić information content (AvgIpc) is 2.88. The third kappa shape index (κ3) is 2.88. The summed E-state index contributed by atoms with van der Waals surface area (Å²) in [4.78, 5) is 21.9. The summed E-state index contributed by atoms with van der Waals surface area (Å²) in [5, 5.41) is 3.08. The molecule has 2 heterocycles. The highest BCUT2D eigenvalue weighted by atomic mass is 16.5. The molecule has 2 rings (SSSR count). The molecule has 7 nitrogen and oxygen atoms in total. The number of aromatic nitrogens is 4. The van der Waals surface area contributed by atoms with E-state index < -0.39 is 0 Å². The van der Waals surface area contributed by atoms with Crippen LogP contribution >= 0.6 is 0 Å². The zero-order valence-corrected chi connectivity index (χ0v) is 10.1. The Morgan fingerprint density at radius 1 is 1.56 bits per heavy atom. The van der Waals surface area contributed by atoms with Gasteiger partial charge in [-0.05, 0) is 6.42 Å². The van der Waals surface area contributed by atoms with Crippen molar-refractivity contribution in [1.82, 2.24) is 19.5 Å². The number of aromatic amines is 1. The molecule has 18 heavy (non-hydrogen) atoms. The molecule has 0 bridgehead atoms. The van der Waals surface area contributed by atoms with Crippen LogP contribution in [0.25, 0.3) is 0 Å². The minimum Gasteiger partial charge on any atom is -0.489 e. The third-order valence-electron chi connectivity index (χ3n) is 2.46. The standard InChI is InChI=1S/C11H15N5O2/c1-18-9-10(14-7-15-11(9)17)13-3-2-5-16-6-4-12-8-16/h4,6-8H,2-3,5H2,1H3,(H2,13,14,15,17). The van der Waals surface area contributed by atoms with Gasteiger partial charge in [0.15, 0.2) is 5.82 Å². The van der Waals surface area contributed by atoms with Gasteiger partial charge < -0.3 is 19.6 Å². The number of aryl methyl sites for hydroxylation is 1. The number of hydrogen-bond donors (Lipinski definition) is 2. The quantitative estimate of drug-likeness (QED) is 0.727. The molecule has 0 aliphatic heterocycles. The lowest BCUT2D eigenvalue weighted by Crippen LogP contribution is -2.15. The fourth-order valence-electron chi connectivity index (χ4n) is 1.59. The zero-order chi connectivity index (χ0) is 12.8. The Bertz CT molecular complexity index is 535. The molecular formula is C11H15N5O2. The van der Waals surface area contributed by atoms with Gasteiger partial charge in [-0.2, -0.15) is 0 Å². The fourth-order valence-corrected chi connectivity index (χ4v) is 1.59. The van der Waals surface area contributed by atoms with Gasteiger partial charge in [-0.3, -0.25) is 4.79 Å². The number of hydrogen-bond acceptors (Lipinski definition) is 5. The monoisotopic (exact) mass is 249 g/mol. The number of H-pyrrole nitrogens is 1. The van der Waals surface area contributed by atoms with E-state index in [-0.39, 0.29) is 11.3 Å². The molecule has 96 valence electrons. The molecular weight excluding hydrogens is 234 g/mol. The van der Waals surface area contributed by atoms with E-state index in [4.69, 9.17) is 4.74 Å². The second-order valence-corrected chi connectivity index (χ2v) is 3.69. The molecule has 2 aromatic heterocycles. The van der Waals surface area contributed by atoms with E-state index >= 15 is 0 Å². The largest absolute Gasteiger partial charge is 0.489 e. The van der Waals surface area contributed by atoms with Crippen LogP contribution in [0.5, 0.6) is 5.75 Å². The number of nitrogens with one attached hydrogen (secondary N) is 2. The Hall–Kier alpha value is -2.31. The molecule has 0 amide bonds. The van der Waals surface area contributed by atoms with Crippen molar-refractivity contribution in [3.63, 3.8) is 0 Å². The van der Waals surface area contributed by atoms with Crippen molar-refractivity contribution in [2.75, 3.05) is 19.0 Å². The van der Waals surface area contributed by atoms with E-state index in [2.05, 4.69) is 20.3 Å². The lowest BCUT2D eigenvalue weighted by atomic mass is 10.4. The van der Waals surface area contributed by atoms with E-state index in [0.717, 1.165) is 13.0 Å². The van der Waals surface area contributed by atoms with E-state index in [1.165, 1.54) is 13.4 Å². The van der Waals surface area contributed by atoms with Crippen molar-refractivity contribution in [3.05, 3.63) is 35.4 Å². The molecule has 0 aromatic carbocycles. The summed E-state index contributed by atoms with van der Waals surface area (Å²) >= 11 is 0. The SMILES string of the molecule is COc1c(NCCCn2ccnc2)nc[nH]c1=O. The number of rotatable bonds is 6. The predicted molar refractivity (Wildman–Crippen MR) is 66.7 cm³/mol. The highest BCUT2D eigenvalue weighted by Crippen LogP contribution is 2.13. The normalized spacial score (nSPS) is 10.3. The first-order chi connectivity index (χ1) is 8.81. The fraction of sp³-hybridized carbons (Fsp3) is 0.364. The second-order valence-electron chi connectivity index (χ2n) is 3.69. The topological polar surface area (TPSA) is 84.8 Å². The van der Waals surface area contributed by atoms with Crippen LogP contribution in [0.4, 0.5) is 5.82 Å². The molecule has 0 fully saturated rings. The van der Waals surface area contributed by atoms with Gasteiger partial charge in [0, 0.05) is 25.5 Å². The average molecular weight is 249 g/mol. The van der Waals surface area contributed by atoms with Crippen molar-refractivity contribution in [3.8, 4) is 5.75 Å². The van der Waals surface area contributed by atoms with Crippen LogP contribution < -0.4 is 15.6 Å². The molecule has 0 aliphatic rings. The summed E-state index contributed by atoms with van der Waals surface area (Å²) in [6, 6.07) is 0. The van der Waals surface area contributed by atoms with Crippen molar-refractivity contribution < 1.29 is 4.74 Å². The molecule has 0 unspecified atom stereocenters. The van der Waals surface area contributed by atoms with Crippen LogP contribution in [0.3, 0.4) is 0 Å². The minimum absolute atomic E-state index is 0.208. The Morgan fingerprint density at radius 2 is 2.44 bits per heavy atom. The smallest absolute Gasteiger partial charge is 0.295 e. The summed E-state index contributed by atoms with van der Waals surface area (Å²) in [7, 11) is 1.45. The molecule has 0 saturated heterocycles. The van der Waals surface area contributed by atoms with Gasteiger partial charge in [0.1, 0.15) is 0 Å².